The molecule has 2 heterocycles. The van der Waals surface area contributed by atoms with Gasteiger partial charge >= 0.3 is 0 Å². The molecule has 146 valence electrons. The van der Waals surface area contributed by atoms with Gasteiger partial charge in [0.2, 0.25) is 5.91 Å². The summed E-state index contributed by atoms with van der Waals surface area (Å²) in [5.74, 6) is 0.327. The third kappa shape index (κ3) is 3.90. The van der Waals surface area contributed by atoms with Crippen molar-refractivity contribution in [2.75, 3.05) is 13.1 Å². The first-order chi connectivity index (χ1) is 12.6. The summed E-state index contributed by atoms with van der Waals surface area (Å²) in [6, 6.07) is 8.63. The fourth-order valence-electron chi connectivity index (χ4n) is 4.67. The molecule has 2 aromatic rings. The van der Waals surface area contributed by atoms with Gasteiger partial charge in [-0.1, -0.05) is 42.7 Å². The zero-order chi connectivity index (χ0) is 18.1. The van der Waals surface area contributed by atoms with Crippen LogP contribution in [0.2, 0.25) is 0 Å². The highest BCUT2D eigenvalue weighted by molar-refractivity contribution is 5.85. The molecule has 1 aromatic heterocycles. The molecule has 1 amide bonds. The Morgan fingerprint density at radius 2 is 2.07 bits per heavy atom. The van der Waals surface area contributed by atoms with Crippen LogP contribution in [-0.2, 0) is 17.4 Å². The lowest BCUT2D eigenvalue weighted by atomic mass is 9.84. The second kappa shape index (κ2) is 8.03. The molecule has 2 N–H and O–H groups in total. The summed E-state index contributed by atoms with van der Waals surface area (Å²) < 4.78 is 1.81. The van der Waals surface area contributed by atoms with Crippen molar-refractivity contribution >= 4 is 18.3 Å². The Hall–Kier alpha value is -1.85. The first-order valence-electron chi connectivity index (χ1n) is 9.66. The lowest BCUT2D eigenvalue weighted by Gasteiger charge is -2.33. The zero-order valence-electron chi connectivity index (χ0n) is 16.1. The van der Waals surface area contributed by atoms with Gasteiger partial charge in [-0.2, -0.15) is 5.10 Å². The molecule has 1 saturated heterocycles. The zero-order valence-corrected chi connectivity index (χ0v) is 16.9. The monoisotopic (exact) mass is 388 g/mol. The van der Waals surface area contributed by atoms with Crippen LogP contribution in [0.5, 0.6) is 0 Å². The summed E-state index contributed by atoms with van der Waals surface area (Å²) in [6.07, 6.45) is 8.32. The third-order valence-corrected chi connectivity index (χ3v) is 6.09. The summed E-state index contributed by atoms with van der Waals surface area (Å²) in [5.41, 5.74) is 3.45. The number of halogens is 1. The van der Waals surface area contributed by atoms with E-state index < -0.39 is 0 Å². The quantitative estimate of drug-likeness (QED) is 0.846. The summed E-state index contributed by atoms with van der Waals surface area (Å²) >= 11 is 0. The van der Waals surface area contributed by atoms with E-state index in [0.29, 0.717) is 0 Å². The molecule has 0 bridgehead atoms. The van der Waals surface area contributed by atoms with Gasteiger partial charge in [0.15, 0.2) is 0 Å². The van der Waals surface area contributed by atoms with Gasteiger partial charge < -0.3 is 10.6 Å². The van der Waals surface area contributed by atoms with Gasteiger partial charge in [0, 0.05) is 32.3 Å². The van der Waals surface area contributed by atoms with E-state index in [4.69, 9.17) is 0 Å². The number of rotatable bonds is 4. The molecule has 1 saturated carbocycles. The smallest absolute Gasteiger partial charge is 0.225 e. The van der Waals surface area contributed by atoms with Gasteiger partial charge in [0.25, 0.3) is 0 Å². The number of amides is 1. The molecule has 2 aliphatic rings. The summed E-state index contributed by atoms with van der Waals surface area (Å²) in [4.78, 5) is 13.3. The number of aromatic nitrogens is 2. The summed E-state index contributed by atoms with van der Waals surface area (Å²) in [5, 5.41) is 11.2. The molecule has 4 rings (SSSR count). The Balaban J connectivity index is 0.00000210. The van der Waals surface area contributed by atoms with Crippen molar-refractivity contribution in [3.63, 3.8) is 0 Å². The second-order valence-electron chi connectivity index (χ2n) is 7.97. The molecule has 0 unspecified atom stereocenters. The second-order valence-corrected chi connectivity index (χ2v) is 7.97. The maximum Gasteiger partial charge on any atom is 0.225 e. The van der Waals surface area contributed by atoms with Crippen LogP contribution in [0.15, 0.2) is 36.7 Å². The number of nitrogens with zero attached hydrogens (tertiary/aromatic N) is 2. The average molecular weight is 389 g/mol. The number of benzene rings is 1. The minimum Gasteiger partial charge on any atom is -0.346 e. The Bertz CT molecular complexity index is 797. The lowest BCUT2D eigenvalue weighted by molar-refractivity contribution is -0.127. The highest BCUT2D eigenvalue weighted by Crippen LogP contribution is 2.40. The average Bonchev–Trinajstić information content (AvgIpc) is 3.35. The summed E-state index contributed by atoms with van der Waals surface area (Å²) in [7, 11) is 1.92. The molecule has 2 atom stereocenters. The van der Waals surface area contributed by atoms with Crippen LogP contribution in [0.3, 0.4) is 0 Å². The Kier molecular flexibility index (Phi) is 5.92. The first kappa shape index (κ1) is 19.9. The largest absolute Gasteiger partial charge is 0.346 e. The van der Waals surface area contributed by atoms with E-state index in [9.17, 15) is 4.79 Å². The standard InChI is InChI=1S/C21H28N4O.ClH/c1-15-6-5-7-17(10-15)21(8-3-4-9-21)24-20(26)19-13-22-12-18(19)16-11-23-25(2)14-16;/h5-7,10-11,14,18-19,22H,3-4,8-9,12-13H2,1-2H3,(H,24,26);1H/t18-,19+;/m1./s1. The van der Waals surface area contributed by atoms with Crippen molar-refractivity contribution in [2.45, 2.75) is 44.1 Å². The van der Waals surface area contributed by atoms with Gasteiger partial charge in [0.1, 0.15) is 0 Å². The maximum absolute atomic E-state index is 13.3. The van der Waals surface area contributed by atoms with E-state index in [1.54, 1.807) is 0 Å². The van der Waals surface area contributed by atoms with E-state index in [2.05, 4.69) is 46.9 Å². The lowest BCUT2D eigenvalue weighted by Crippen LogP contribution is -2.47. The van der Waals surface area contributed by atoms with Gasteiger partial charge in [-0.25, -0.2) is 0 Å². The molecule has 0 spiro atoms. The molecule has 27 heavy (non-hydrogen) atoms. The van der Waals surface area contributed by atoms with Crippen molar-refractivity contribution in [3.8, 4) is 0 Å². The highest BCUT2D eigenvalue weighted by atomic mass is 35.5. The number of hydrogen-bond acceptors (Lipinski definition) is 3. The van der Waals surface area contributed by atoms with Crippen LogP contribution in [0.1, 0.15) is 48.3 Å². The fourth-order valence-corrected chi connectivity index (χ4v) is 4.67. The molecule has 1 aromatic carbocycles. The molecular weight excluding hydrogens is 360 g/mol. The van der Waals surface area contributed by atoms with E-state index >= 15 is 0 Å². The van der Waals surface area contributed by atoms with Gasteiger partial charge in [0.05, 0.1) is 17.7 Å². The molecule has 2 fully saturated rings. The maximum atomic E-state index is 13.3. The molecule has 5 nitrogen and oxygen atoms in total. The normalized spacial score (nSPS) is 23.8. The Morgan fingerprint density at radius 3 is 2.74 bits per heavy atom. The minimum atomic E-state index is -0.203. The molecule has 1 aliphatic heterocycles. The predicted molar refractivity (Wildman–Crippen MR) is 109 cm³/mol. The minimum absolute atomic E-state index is 0. The number of nitrogens with one attached hydrogen (secondary N) is 2. The van der Waals surface area contributed by atoms with Crippen LogP contribution in [-0.4, -0.2) is 28.8 Å². The van der Waals surface area contributed by atoms with Crippen LogP contribution in [0.25, 0.3) is 0 Å². The van der Waals surface area contributed by atoms with Crippen molar-refractivity contribution in [1.29, 1.82) is 0 Å². The molecule has 0 radical (unpaired) electrons. The number of carbonyl (C=O) groups excluding carboxylic acids is 1. The van der Waals surface area contributed by atoms with Crippen LogP contribution in [0, 0.1) is 12.8 Å². The van der Waals surface area contributed by atoms with E-state index in [0.717, 1.165) is 31.5 Å². The Morgan fingerprint density at radius 1 is 1.30 bits per heavy atom. The highest BCUT2D eigenvalue weighted by Gasteiger charge is 2.41. The van der Waals surface area contributed by atoms with Crippen LogP contribution in [0.4, 0.5) is 0 Å². The van der Waals surface area contributed by atoms with Crippen LogP contribution >= 0.6 is 12.4 Å². The number of hydrogen-bond donors (Lipinski definition) is 2. The van der Waals surface area contributed by atoms with Crippen molar-refractivity contribution in [1.82, 2.24) is 20.4 Å². The number of carbonyl (C=O) groups is 1. The van der Waals surface area contributed by atoms with E-state index in [1.165, 1.54) is 24.0 Å². The van der Waals surface area contributed by atoms with Crippen molar-refractivity contribution in [2.24, 2.45) is 13.0 Å². The van der Waals surface area contributed by atoms with Gasteiger partial charge in [-0.3, -0.25) is 9.48 Å². The first-order valence-corrected chi connectivity index (χ1v) is 9.66. The van der Waals surface area contributed by atoms with Crippen molar-refractivity contribution < 1.29 is 4.79 Å². The van der Waals surface area contributed by atoms with E-state index in [1.807, 2.05) is 24.1 Å². The predicted octanol–water partition coefficient (Wildman–Crippen LogP) is 3.04. The van der Waals surface area contributed by atoms with E-state index in [-0.39, 0.29) is 35.7 Å². The molecule has 1 aliphatic carbocycles. The van der Waals surface area contributed by atoms with Gasteiger partial charge in [-0.15, -0.1) is 12.4 Å². The number of aryl methyl sites for hydroxylation is 2. The SMILES string of the molecule is Cc1cccc(C2(NC(=O)[C@H]3CNC[C@@H]3c3cnn(C)c3)CCCC2)c1.Cl. The topological polar surface area (TPSA) is 59.0 Å². The molecule has 6 heteroatoms. The van der Waals surface area contributed by atoms with Gasteiger partial charge in [-0.05, 0) is 30.9 Å². The Labute approximate surface area is 167 Å². The summed E-state index contributed by atoms with van der Waals surface area (Å²) in [6.45, 7) is 3.68. The van der Waals surface area contributed by atoms with Crippen LogP contribution < -0.4 is 10.6 Å². The molecular formula is C21H29ClN4O. The third-order valence-electron chi connectivity index (χ3n) is 6.09. The van der Waals surface area contributed by atoms with Crippen molar-refractivity contribution in [3.05, 3.63) is 53.3 Å². The fraction of sp³-hybridized carbons (Fsp3) is 0.524.